The van der Waals surface area contributed by atoms with Gasteiger partial charge in [0, 0.05) is 19.1 Å². The molecule has 0 radical (unpaired) electrons. The van der Waals surface area contributed by atoms with E-state index in [9.17, 15) is 4.79 Å². The van der Waals surface area contributed by atoms with Gasteiger partial charge in [0.2, 0.25) is 0 Å². The molecule has 0 aromatic heterocycles. The van der Waals surface area contributed by atoms with E-state index in [1.807, 2.05) is 11.8 Å². The van der Waals surface area contributed by atoms with Crippen molar-refractivity contribution in [3.63, 3.8) is 0 Å². The Bertz CT molecular complexity index is 445. The van der Waals surface area contributed by atoms with Crippen molar-refractivity contribution in [1.29, 1.82) is 0 Å². The van der Waals surface area contributed by atoms with Gasteiger partial charge in [0.25, 0.3) is 5.91 Å². The minimum atomic E-state index is -0.0429. The Hall–Kier alpha value is -0.770. The number of nitrogens with zero attached hydrogens (tertiary/aromatic N) is 1. The molecule has 18 heavy (non-hydrogen) atoms. The lowest BCUT2D eigenvalue weighted by Gasteiger charge is -2.27. The third kappa shape index (κ3) is 2.63. The van der Waals surface area contributed by atoms with Crippen LogP contribution in [0.15, 0.2) is 18.2 Å². The Morgan fingerprint density at radius 3 is 2.89 bits per heavy atom. The highest BCUT2D eigenvalue weighted by atomic mass is 35.5. The smallest absolute Gasteiger partial charge is 0.255 e. The lowest BCUT2D eigenvalue weighted by Crippen LogP contribution is -2.41. The number of hydrogen-bond acceptors (Lipinski definition) is 2. The lowest BCUT2D eigenvalue weighted by molar-refractivity contribution is 0.0704. The van der Waals surface area contributed by atoms with Gasteiger partial charge in [-0.2, -0.15) is 0 Å². The monoisotopic (exact) mass is 286 g/mol. The molecule has 0 aliphatic carbocycles. The minimum absolute atomic E-state index is 0.0429. The van der Waals surface area contributed by atoms with E-state index in [0.717, 1.165) is 19.5 Å². The van der Waals surface area contributed by atoms with Crippen LogP contribution in [0.25, 0.3) is 0 Å². The van der Waals surface area contributed by atoms with Gasteiger partial charge < -0.3 is 10.2 Å². The van der Waals surface area contributed by atoms with Gasteiger partial charge in [0.05, 0.1) is 15.6 Å². The average Bonchev–Trinajstić information content (AvgIpc) is 2.87. The van der Waals surface area contributed by atoms with Gasteiger partial charge in [0.15, 0.2) is 0 Å². The van der Waals surface area contributed by atoms with E-state index in [0.29, 0.717) is 22.2 Å². The Balaban J connectivity index is 2.25. The molecule has 1 N–H and O–H groups in total. The van der Waals surface area contributed by atoms with Crippen LogP contribution >= 0.6 is 23.2 Å². The molecule has 0 bridgehead atoms. The predicted molar refractivity (Wildman–Crippen MR) is 74.4 cm³/mol. The van der Waals surface area contributed by atoms with Crippen LogP contribution in [0.5, 0.6) is 0 Å². The van der Waals surface area contributed by atoms with Gasteiger partial charge in [-0.05, 0) is 32.0 Å². The molecule has 0 saturated carbocycles. The van der Waals surface area contributed by atoms with Crippen LogP contribution in [0, 0.1) is 0 Å². The molecule has 1 aliphatic rings. The van der Waals surface area contributed by atoms with E-state index in [2.05, 4.69) is 5.32 Å². The molecule has 1 fully saturated rings. The van der Waals surface area contributed by atoms with Crippen molar-refractivity contribution < 1.29 is 4.79 Å². The number of carbonyl (C=O) groups is 1. The fraction of sp³-hybridized carbons (Fsp3) is 0.462. The zero-order valence-corrected chi connectivity index (χ0v) is 11.8. The second-order valence-corrected chi connectivity index (χ2v) is 5.12. The lowest BCUT2D eigenvalue weighted by atomic mass is 10.1. The highest BCUT2D eigenvalue weighted by Gasteiger charge is 2.27. The van der Waals surface area contributed by atoms with Crippen LogP contribution in [0.4, 0.5) is 0 Å². The first-order valence-electron chi connectivity index (χ1n) is 6.10. The molecule has 0 unspecified atom stereocenters. The molecule has 1 saturated heterocycles. The second kappa shape index (κ2) is 5.91. The summed E-state index contributed by atoms with van der Waals surface area (Å²) in [5.41, 5.74) is 0.484. The summed E-state index contributed by atoms with van der Waals surface area (Å²) in [6.45, 7) is 4.46. The van der Waals surface area contributed by atoms with Crippen molar-refractivity contribution in [3.05, 3.63) is 33.8 Å². The van der Waals surface area contributed by atoms with Crippen LogP contribution < -0.4 is 5.32 Å². The third-order valence-corrected chi connectivity index (χ3v) is 4.08. The van der Waals surface area contributed by atoms with E-state index in [1.165, 1.54) is 0 Å². The van der Waals surface area contributed by atoms with Crippen molar-refractivity contribution in [2.75, 3.05) is 19.6 Å². The van der Waals surface area contributed by atoms with Crippen molar-refractivity contribution in [2.45, 2.75) is 19.4 Å². The second-order valence-electron chi connectivity index (χ2n) is 4.34. The first-order valence-corrected chi connectivity index (χ1v) is 6.86. The van der Waals surface area contributed by atoms with E-state index in [1.54, 1.807) is 18.2 Å². The van der Waals surface area contributed by atoms with E-state index >= 15 is 0 Å². The Labute approximate surface area is 117 Å². The van der Waals surface area contributed by atoms with E-state index < -0.39 is 0 Å². The topological polar surface area (TPSA) is 32.3 Å². The maximum atomic E-state index is 12.5. The molecule has 98 valence electrons. The summed E-state index contributed by atoms with van der Waals surface area (Å²) >= 11 is 12.1. The van der Waals surface area contributed by atoms with Gasteiger partial charge in [-0.25, -0.2) is 0 Å². The normalized spacial score (nSPS) is 18.9. The summed E-state index contributed by atoms with van der Waals surface area (Å²) in [5.74, 6) is -0.0429. The highest BCUT2D eigenvalue weighted by molar-refractivity contribution is 6.43. The van der Waals surface area contributed by atoms with Crippen molar-refractivity contribution >= 4 is 29.1 Å². The van der Waals surface area contributed by atoms with Gasteiger partial charge in [-0.15, -0.1) is 0 Å². The molecule has 1 amide bonds. The van der Waals surface area contributed by atoms with Gasteiger partial charge in [-0.1, -0.05) is 29.3 Å². The molecule has 5 heteroatoms. The zero-order valence-electron chi connectivity index (χ0n) is 10.2. The number of amides is 1. The molecule has 1 aliphatic heterocycles. The third-order valence-electron chi connectivity index (χ3n) is 3.26. The zero-order chi connectivity index (χ0) is 13.1. The Kier molecular flexibility index (Phi) is 4.49. The summed E-state index contributed by atoms with van der Waals surface area (Å²) < 4.78 is 0. The quantitative estimate of drug-likeness (QED) is 0.927. The number of halogens is 2. The first-order chi connectivity index (χ1) is 8.65. The SMILES string of the molecule is CCN(C(=O)c1cccc(Cl)c1Cl)[C@H]1CCNC1. The molecule has 1 aromatic carbocycles. The largest absolute Gasteiger partial charge is 0.335 e. The van der Waals surface area contributed by atoms with Gasteiger partial charge in [-0.3, -0.25) is 4.79 Å². The van der Waals surface area contributed by atoms with Crippen molar-refractivity contribution in [2.24, 2.45) is 0 Å². The number of nitrogens with one attached hydrogen (secondary N) is 1. The van der Waals surface area contributed by atoms with Crippen LogP contribution in [0.1, 0.15) is 23.7 Å². The molecule has 1 aromatic rings. The predicted octanol–water partition coefficient (Wildman–Crippen LogP) is 2.82. The molecule has 2 rings (SSSR count). The van der Waals surface area contributed by atoms with Crippen LogP contribution in [-0.2, 0) is 0 Å². The average molecular weight is 287 g/mol. The molecular weight excluding hydrogens is 271 g/mol. The summed E-state index contributed by atoms with van der Waals surface area (Å²) in [5, 5.41) is 4.03. The standard InChI is InChI=1S/C13H16Cl2N2O/c1-2-17(9-6-7-16-8-9)13(18)10-4-3-5-11(14)12(10)15/h3-5,9,16H,2,6-8H2,1H3/t9-/m0/s1. The fourth-order valence-electron chi connectivity index (χ4n) is 2.30. The Morgan fingerprint density at radius 1 is 1.50 bits per heavy atom. The van der Waals surface area contributed by atoms with Crippen LogP contribution in [-0.4, -0.2) is 36.5 Å². The highest BCUT2D eigenvalue weighted by Crippen LogP contribution is 2.27. The van der Waals surface area contributed by atoms with Crippen LogP contribution in [0.3, 0.4) is 0 Å². The van der Waals surface area contributed by atoms with Gasteiger partial charge in [0.1, 0.15) is 0 Å². The molecule has 1 atom stereocenters. The summed E-state index contributed by atoms with van der Waals surface area (Å²) in [7, 11) is 0. The summed E-state index contributed by atoms with van der Waals surface area (Å²) in [6, 6.07) is 5.41. The number of rotatable bonds is 3. The number of likely N-dealkylation sites (N-methyl/N-ethyl adjacent to an activating group) is 1. The molecular formula is C13H16Cl2N2O. The van der Waals surface area contributed by atoms with Crippen molar-refractivity contribution in [3.8, 4) is 0 Å². The first kappa shape index (κ1) is 13.7. The Morgan fingerprint density at radius 2 is 2.28 bits per heavy atom. The fourth-order valence-corrected chi connectivity index (χ4v) is 2.68. The number of carbonyl (C=O) groups excluding carboxylic acids is 1. The van der Waals surface area contributed by atoms with E-state index in [4.69, 9.17) is 23.2 Å². The molecule has 0 spiro atoms. The maximum absolute atomic E-state index is 12.5. The minimum Gasteiger partial charge on any atom is -0.335 e. The molecule has 1 heterocycles. The van der Waals surface area contributed by atoms with Crippen LogP contribution in [0.2, 0.25) is 10.0 Å². The van der Waals surface area contributed by atoms with Gasteiger partial charge >= 0.3 is 0 Å². The summed E-state index contributed by atoms with van der Waals surface area (Å²) in [4.78, 5) is 14.3. The number of hydrogen-bond donors (Lipinski definition) is 1. The van der Waals surface area contributed by atoms with Crippen molar-refractivity contribution in [1.82, 2.24) is 10.2 Å². The molecule has 3 nitrogen and oxygen atoms in total. The maximum Gasteiger partial charge on any atom is 0.255 e. The van der Waals surface area contributed by atoms with E-state index in [-0.39, 0.29) is 11.9 Å². The number of benzene rings is 1. The summed E-state index contributed by atoms with van der Waals surface area (Å²) in [6.07, 6.45) is 0.984.